The highest BCUT2D eigenvalue weighted by atomic mass is 19.1. The van der Waals surface area contributed by atoms with Crippen LogP contribution in [-0.4, -0.2) is 34.8 Å². The van der Waals surface area contributed by atoms with Crippen LogP contribution in [0, 0.1) is 18.6 Å². The summed E-state index contributed by atoms with van der Waals surface area (Å²) in [7, 11) is 0. The second-order valence-electron chi connectivity index (χ2n) is 7.88. The number of nitrogens with zero attached hydrogens (tertiary/aromatic N) is 2. The summed E-state index contributed by atoms with van der Waals surface area (Å²) in [5.74, 6) is -2.33. The van der Waals surface area contributed by atoms with Crippen molar-refractivity contribution >= 4 is 17.6 Å². The maximum absolute atomic E-state index is 14.9. The molecule has 0 saturated carbocycles. The van der Waals surface area contributed by atoms with Crippen molar-refractivity contribution in [1.29, 1.82) is 0 Å². The van der Waals surface area contributed by atoms with Crippen LogP contribution in [0.4, 0.5) is 14.6 Å². The highest BCUT2D eigenvalue weighted by molar-refractivity contribution is 6.03. The Hall–Kier alpha value is -3.79. The highest BCUT2D eigenvalue weighted by Gasteiger charge is 2.28. The zero-order valence-electron chi connectivity index (χ0n) is 17.9. The summed E-state index contributed by atoms with van der Waals surface area (Å²) in [6.45, 7) is 2.53. The predicted molar refractivity (Wildman–Crippen MR) is 117 cm³/mol. The molecule has 3 aromatic rings. The van der Waals surface area contributed by atoms with E-state index in [2.05, 4.69) is 10.4 Å². The summed E-state index contributed by atoms with van der Waals surface area (Å²) in [6, 6.07) is 8.01. The van der Waals surface area contributed by atoms with Gasteiger partial charge in [0.15, 0.2) is 0 Å². The van der Waals surface area contributed by atoms with Crippen molar-refractivity contribution in [3.63, 3.8) is 0 Å². The Morgan fingerprint density at radius 3 is 2.70 bits per heavy atom. The van der Waals surface area contributed by atoms with Gasteiger partial charge in [-0.3, -0.25) is 9.59 Å². The number of halogens is 2. The predicted octanol–water partition coefficient (Wildman–Crippen LogP) is 2.71. The largest absolute Gasteiger partial charge is 0.383 e. The third-order valence-corrected chi connectivity index (χ3v) is 5.66. The molecule has 0 spiro atoms. The number of amides is 2. The monoisotopic (exact) mass is 455 g/mol. The highest BCUT2D eigenvalue weighted by Crippen LogP contribution is 2.32. The maximum atomic E-state index is 14.9. The Balaban J connectivity index is 1.58. The molecule has 4 rings (SSSR count). The Kier molecular flexibility index (Phi) is 6.10. The molecular weight excluding hydrogens is 432 g/mol. The molecule has 1 saturated heterocycles. The third-order valence-electron chi connectivity index (χ3n) is 5.66. The van der Waals surface area contributed by atoms with Gasteiger partial charge in [0.1, 0.15) is 28.7 Å². The van der Waals surface area contributed by atoms with Gasteiger partial charge in [-0.1, -0.05) is 18.2 Å². The Bertz CT molecular complexity index is 1240. The molecule has 1 unspecified atom stereocenters. The number of hydrogen-bond donors (Lipinski definition) is 3. The van der Waals surface area contributed by atoms with Gasteiger partial charge in [-0.05, 0) is 37.1 Å². The maximum Gasteiger partial charge on any atom is 0.254 e. The second-order valence-corrected chi connectivity index (χ2v) is 7.88. The lowest BCUT2D eigenvalue weighted by atomic mass is 10.0. The van der Waals surface area contributed by atoms with Gasteiger partial charge >= 0.3 is 0 Å². The van der Waals surface area contributed by atoms with Crippen LogP contribution in [0.2, 0.25) is 0 Å². The van der Waals surface area contributed by atoms with E-state index in [1.54, 1.807) is 13.0 Å². The van der Waals surface area contributed by atoms with E-state index in [4.69, 9.17) is 16.2 Å². The minimum absolute atomic E-state index is 0.0175. The van der Waals surface area contributed by atoms with Crippen molar-refractivity contribution in [1.82, 2.24) is 15.1 Å². The van der Waals surface area contributed by atoms with E-state index in [0.29, 0.717) is 30.8 Å². The molecule has 0 radical (unpaired) electrons. The molecule has 2 aromatic carbocycles. The van der Waals surface area contributed by atoms with Crippen LogP contribution in [-0.2, 0) is 11.3 Å². The van der Waals surface area contributed by atoms with Gasteiger partial charge in [0, 0.05) is 29.8 Å². The summed E-state index contributed by atoms with van der Waals surface area (Å²) < 4.78 is 35.2. The average molecular weight is 455 g/mol. The molecule has 2 heterocycles. The number of primary amides is 1. The Labute approximate surface area is 188 Å². The number of benzene rings is 2. The molecule has 5 N–H and O–H groups in total. The smallest absolute Gasteiger partial charge is 0.254 e. The lowest BCUT2D eigenvalue weighted by Crippen LogP contribution is -2.24. The van der Waals surface area contributed by atoms with Crippen LogP contribution in [0.1, 0.15) is 44.3 Å². The van der Waals surface area contributed by atoms with Crippen LogP contribution in [0.3, 0.4) is 0 Å². The SMILES string of the molecule is Cc1ccc(F)cc1C(=O)NCc1ccc(-c2nn(C3CCOC3)c(N)c2C(N)=O)cc1F. The fraction of sp³-hybridized carbons (Fsp3) is 0.261. The number of rotatable bonds is 6. The van der Waals surface area contributed by atoms with Gasteiger partial charge in [-0.25, -0.2) is 13.5 Å². The minimum Gasteiger partial charge on any atom is -0.383 e. The topological polar surface area (TPSA) is 125 Å². The van der Waals surface area contributed by atoms with Gasteiger partial charge in [-0.15, -0.1) is 0 Å². The van der Waals surface area contributed by atoms with E-state index < -0.39 is 23.4 Å². The minimum atomic E-state index is -0.769. The van der Waals surface area contributed by atoms with E-state index in [0.717, 1.165) is 6.07 Å². The summed E-state index contributed by atoms with van der Waals surface area (Å²) in [5, 5.41) is 7.01. The summed E-state index contributed by atoms with van der Waals surface area (Å²) in [4.78, 5) is 24.4. The number of nitrogen functional groups attached to an aromatic ring is 1. The van der Waals surface area contributed by atoms with Gasteiger partial charge < -0.3 is 21.5 Å². The van der Waals surface area contributed by atoms with Crippen molar-refractivity contribution in [2.75, 3.05) is 18.9 Å². The van der Waals surface area contributed by atoms with E-state index in [-0.39, 0.29) is 40.8 Å². The first-order chi connectivity index (χ1) is 15.8. The first-order valence-electron chi connectivity index (χ1n) is 10.3. The molecule has 172 valence electrons. The standard InChI is InChI=1S/C23H23F2N5O3/c1-12-2-5-15(24)9-17(12)23(32)28-10-14-4-3-13(8-18(14)25)20-19(22(27)31)21(26)30(29-20)16-6-7-33-11-16/h2-5,8-9,16H,6-7,10-11,26H2,1H3,(H2,27,31)(H,28,32). The number of anilines is 1. The Morgan fingerprint density at radius 2 is 2.03 bits per heavy atom. The average Bonchev–Trinajstić information content (AvgIpc) is 3.42. The number of carbonyl (C=O) groups excluding carboxylic acids is 2. The fourth-order valence-corrected chi connectivity index (χ4v) is 3.83. The molecular formula is C23H23F2N5O3. The molecule has 1 aliphatic heterocycles. The van der Waals surface area contributed by atoms with E-state index in [1.807, 2.05) is 0 Å². The molecule has 10 heteroatoms. The van der Waals surface area contributed by atoms with Gasteiger partial charge in [-0.2, -0.15) is 5.10 Å². The van der Waals surface area contributed by atoms with E-state index in [1.165, 1.54) is 28.9 Å². The molecule has 1 fully saturated rings. The Morgan fingerprint density at radius 1 is 1.24 bits per heavy atom. The van der Waals surface area contributed by atoms with Gasteiger partial charge in [0.2, 0.25) is 0 Å². The van der Waals surface area contributed by atoms with Crippen molar-refractivity contribution in [2.24, 2.45) is 5.73 Å². The summed E-state index contributed by atoms with van der Waals surface area (Å²) in [5.41, 5.74) is 13.1. The van der Waals surface area contributed by atoms with E-state index >= 15 is 0 Å². The molecule has 0 aliphatic carbocycles. The molecule has 1 aromatic heterocycles. The van der Waals surface area contributed by atoms with Crippen LogP contribution in [0.15, 0.2) is 36.4 Å². The molecule has 0 bridgehead atoms. The number of aryl methyl sites for hydroxylation is 1. The molecule has 33 heavy (non-hydrogen) atoms. The van der Waals surface area contributed by atoms with Crippen molar-refractivity contribution < 1.29 is 23.1 Å². The van der Waals surface area contributed by atoms with Crippen LogP contribution < -0.4 is 16.8 Å². The zero-order chi connectivity index (χ0) is 23.7. The molecule has 2 amide bonds. The number of carbonyl (C=O) groups is 2. The lowest BCUT2D eigenvalue weighted by Gasteiger charge is -2.10. The molecule has 8 nitrogen and oxygen atoms in total. The quantitative estimate of drug-likeness (QED) is 0.527. The molecule has 1 aliphatic rings. The van der Waals surface area contributed by atoms with Gasteiger partial charge in [0.05, 0.1) is 12.6 Å². The van der Waals surface area contributed by atoms with Crippen LogP contribution in [0.5, 0.6) is 0 Å². The second kappa shape index (κ2) is 8.99. The normalized spacial score (nSPS) is 15.5. The number of nitrogens with two attached hydrogens (primary N) is 2. The van der Waals surface area contributed by atoms with Crippen molar-refractivity contribution in [2.45, 2.75) is 25.9 Å². The number of nitrogens with one attached hydrogen (secondary N) is 1. The van der Waals surface area contributed by atoms with Crippen molar-refractivity contribution in [3.05, 3.63) is 70.3 Å². The number of hydrogen-bond acceptors (Lipinski definition) is 5. The first kappa shape index (κ1) is 22.4. The zero-order valence-corrected chi connectivity index (χ0v) is 17.9. The van der Waals surface area contributed by atoms with Crippen LogP contribution in [0.25, 0.3) is 11.3 Å². The summed E-state index contributed by atoms with van der Waals surface area (Å²) in [6.07, 6.45) is 0.682. The van der Waals surface area contributed by atoms with Crippen molar-refractivity contribution in [3.8, 4) is 11.3 Å². The summed E-state index contributed by atoms with van der Waals surface area (Å²) >= 11 is 0. The van der Waals surface area contributed by atoms with Gasteiger partial charge in [0.25, 0.3) is 11.8 Å². The first-order valence-corrected chi connectivity index (χ1v) is 10.3. The lowest BCUT2D eigenvalue weighted by molar-refractivity contribution is 0.0948. The molecule has 1 atom stereocenters. The van der Waals surface area contributed by atoms with E-state index in [9.17, 15) is 18.4 Å². The third kappa shape index (κ3) is 4.42. The number of ether oxygens (including phenoxy) is 1. The number of aromatic nitrogens is 2. The fourth-order valence-electron chi connectivity index (χ4n) is 3.83. The van der Waals surface area contributed by atoms with Crippen LogP contribution >= 0.6 is 0 Å².